The number of aliphatic carboxylic acids is 1. The lowest BCUT2D eigenvalue weighted by Gasteiger charge is -2.15. The number of ketones is 1. The van der Waals surface area contributed by atoms with E-state index >= 15 is 0 Å². The fourth-order valence-electron chi connectivity index (χ4n) is 3.44. The quantitative estimate of drug-likeness (QED) is 0.349. The van der Waals surface area contributed by atoms with Gasteiger partial charge in [0, 0.05) is 5.56 Å². The third kappa shape index (κ3) is 6.60. The molecular weight excluding hydrogens is 462 g/mol. The Hall–Kier alpha value is -4.86. The highest BCUT2D eigenvalue weighted by molar-refractivity contribution is 5.90. The average molecular weight is 486 g/mol. The van der Waals surface area contributed by atoms with Crippen molar-refractivity contribution in [2.24, 2.45) is 0 Å². The molecule has 0 saturated heterocycles. The molecule has 10 nitrogen and oxygen atoms in total. The van der Waals surface area contributed by atoms with E-state index in [4.69, 9.17) is 4.74 Å². The molecule has 10 heteroatoms. The van der Waals surface area contributed by atoms with Crippen LogP contribution in [0, 0.1) is 0 Å². The highest BCUT2D eigenvalue weighted by Gasteiger charge is 2.25. The van der Waals surface area contributed by atoms with E-state index < -0.39 is 30.3 Å². The first-order valence-electron chi connectivity index (χ1n) is 11.1. The van der Waals surface area contributed by atoms with Crippen LogP contribution in [0.2, 0.25) is 0 Å². The summed E-state index contributed by atoms with van der Waals surface area (Å²) in [6.07, 6.45) is -1.51. The largest absolute Gasteiger partial charge is 0.481 e. The molecule has 1 heterocycles. The number of carboxylic acids is 1. The van der Waals surface area contributed by atoms with Crippen LogP contribution in [-0.4, -0.2) is 49.2 Å². The summed E-state index contributed by atoms with van der Waals surface area (Å²) in [5, 5.41) is 23.6. The molecule has 1 amide bonds. The van der Waals surface area contributed by atoms with Crippen molar-refractivity contribution in [3.8, 4) is 22.5 Å². The van der Waals surface area contributed by atoms with Gasteiger partial charge in [0.15, 0.2) is 5.78 Å². The second kappa shape index (κ2) is 11.5. The van der Waals surface area contributed by atoms with Crippen LogP contribution in [0.1, 0.15) is 12.0 Å². The van der Waals surface area contributed by atoms with Gasteiger partial charge in [-0.2, -0.15) is 4.80 Å². The Morgan fingerprint density at radius 3 is 2.14 bits per heavy atom. The number of ether oxygens (including phenoxy) is 1. The Morgan fingerprint density at radius 2 is 1.47 bits per heavy atom. The second-order valence-corrected chi connectivity index (χ2v) is 7.91. The van der Waals surface area contributed by atoms with Gasteiger partial charge in [0.1, 0.15) is 19.2 Å². The van der Waals surface area contributed by atoms with E-state index in [0.29, 0.717) is 11.4 Å². The van der Waals surface area contributed by atoms with Crippen molar-refractivity contribution in [2.75, 3.05) is 0 Å². The van der Waals surface area contributed by atoms with Crippen molar-refractivity contribution in [2.45, 2.75) is 25.6 Å². The van der Waals surface area contributed by atoms with Crippen molar-refractivity contribution in [3.63, 3.8) is 0 Å². The minimum absolute atomic E-state index is 0.0162. The topological polar surface area (TPSA) is 136 Å². The third-order valence-electron chi connectivity index (χ3n) is 5.27. The number of carbonyl (C=O) groups is 3. The van der Waals surface area contributed by atoms with Gasteiger partial charge in [0.25, 0.3) is 0 Å². The SMILES string of the molecule is O=C(O)CC(NC(=O)OCc1ccccc1)C(=O)Cn1nnc(-c2ccc(-c3ccccc3)cc2)n1. The molecule has 0 saturated carbocycles. The van der Waals surface area contributed by atoms with Crippen LogP contribution in [0.25, 0.3) is 22.5 Å². The minimum atomic E-state index is -1.31. The number of carbonyl (C=O) groups excluding carboxylic acids is 2. The highest BCUT2D eigenvalue weighted by atomic mass is 16.5. The van der Waals surface area contributed by atoms with Crippen LogP contribution in [0.5, 0.6) is 0 Å². The molecule has 36 heavy (non-hydrogen) atoms. The maximum absolute atomic E-state index is 12.7. The van der Waals surface area contributed by atoms with Crippen LogP contribution in [0.4, 0.5) is 4.79 Å². The summed E-state index contributed by atoms with van der Waals surface area (Å²) in [6, 6.07) is 25.1. The van der Waals surface area contributed by atoms with Crippen molar-refractivity contribution in [1.29, 1.82) is 0 Å². The monoisotopic (exact) mass is 485 g/mol. The highest BCUT2D eigenvalue weighted by Crippen LogP contribution is 2.22. The van der Waals surface area contributed by atoms with E-state index in [1.807, 2.05) is 60.7 Å². The molecule has 0 aliphatic carbocycles. The van der Waals surface area contributed by atoms with Gasteiger partial charge in [-0.05, 0) is 21.9 Å². The number of carboxylic acid groups (broad SMARTS) is 1. The third-order valence-corrected chi connectivity index (χ3v) is 5.27. The molecule has 0 aliphatic rings. The molecule has 1 unspecified atom stereocenters. The zero-order valence-corrected chi connectivity index (χ0v) is 19.2. The first-order valence-corrected chi connectivity index (χ1v) is 11.1. The number of aromatic nitrogens is 4. The Labute approximate surface area is 206 Å². The standard InChI is InChI=1S/C26H23N5O5/c32-23(22(15-24(33)34)27-26(35)36-17-18-7-3-1-4-8-18)16-31-29-25(28-30-31)21-13-11-20(12-14-21)19-9-5-2-6-10-19/h1-14,22H,15-17H2,(H,27,35)(H,33,34). The van der Waals surface area contributed by atoms with Gasteiger partial charge in [-0.15, -0.1) is 10.2 Å². The molecule has 0 aliphatic heterocycles. The number of nitrogens with one attached hydrogen (secondary N) is 1. The van der Waals surface area contributed by atoms with Crippen LogP contribution in [0.15, 0.2) is 84.9 Å². The molecule has 0 spiro atoms. The minimum Gasteiger partial charge on any atom is -0.481 e. The predicted octanol–water partition coefficient (Wildman–Crippen LogP) is 3.35. The summed E-state index contributed by atoms with van der Waals surface area (Å²) >= 11 is 0. The Balaban J connectivity index is 1.37. The van der Waals surface area contributed by atoms with Gasteiger partial charge in [0.2, 0.25) is 5.82 Å². The Bertz CT molecular complexity index is 1320. The van der Waals surface area contributed by atoms with E-state index in [0.717, 1.165) is 21.5 Å². The Morgan fingerprint density at radius 1 is 0.861 bits per heavy atom. The van der Waals surface area contributed by atoms with Gasteiger partial charge in [0.05, 0.1) is 6.42 Å². The maximum atomic E-state index is 12.7. The molecular formula is C26H23N5O5. The van der Waals surface area contributed by atoms with Gasteiger partial charge < -0.3 is 15.2 Å². The fourth-order valence-corrected chi connectivity index (χ4v) is 3.44. The van der Waals surface area contributed by atoms with Gasteiger partial charge >= 0.3 is 12.1 Å². The maximum Gasteiger partial charge on any atom is 0.408 e. The number of amides is 1. The zero-order valence-electron chi connectivity index (χ0n) is 19.2. The van der Waals surface area contributed by atoms with E-state index in [-0.39, 0.29) is 13.2 Å². The number of benzene rings is 3. The summed E-state index contributed by atoms with van der Waals surface area (Å²) in [5.41, 5.74) is 3.57. The second-order valence-electron chi connectivity index (χ2n) is 7.91. The number of alkyl carbamates (subject to hydrolysis) is 1. The van der Waals surface area contributed by atoms with E-state index in [9.17, 15) is 19.5 Å². The summed E-state index contributed by atoms with van der Waals surface area (Å²) in [4.78, 5) is 37.2. The summed E-state index contributed by atoms with van der Waals surface area (Å²) < 4.78 is 5.10. The zero-order chi connectivity index (χ0) is 25.3. The molecule has 4 aromatic rings. The molecule has 182 valence electrons. The fraction of sp³-hybridized carbons (Fsp3) is 0.154. The summed E-state index contributed by atoms with van der Waals surface area (Å²) in [5.74, 6) is -1.53. The number of rotatable bonds is 10. The van der Waals surface area contributed by atoms with E-state index in [2.05, 4.69) is 20.7 Å². The molecule has 3 aromatic carbocycles. The Kier molecular flexibility index (Phi) is 7.76. The van der Waals surface area contributed by atoms with Crippen LogP contribution in [0.3, 0.4) is 0 Å². The van der Waals surface area contributed by atoms with Gasteiger partial charge in [-0.25, -0.2) is 4.79 Å². The normalized spacial score (nSPS) is 11.4. The predicted molar refractivity (Wildman–Crippen MR) is 129 cm³/mol. The average Bonchev–Trinajstić information content (AvgIpc) is 3.36. The smallest absolute Gasteiger partial charge is 0.408 e. The molecule has 0 bridgehead atoms. The molecule has 0 radical (unpaired) electrons. The number of nitrogens with zero attached hydrogens (tertiary/aromatic N) is 4. The summed E-state index contributed by atoms with van der Waals surface area (Å²) in [7, 11) is 0. The first kappa shape index (κ1) is 24.3. The van der Waals surface area contributed by atoms with Crippen LogP contribution < -0.4 is 5.32 Å². The number of tetrazole rings is 1. The lowest BCUT2D eigenvalue weighted by Crippen LogP contribution is -2.44. The van der Waals surface area contributed by atoms with Crippen LogP contribution in [-0.2, 0) is 27.5 Å². The molecule has 1 atom stereocenters. The van der Waals surface area contributed by atoms with Crippen LogP contribution >= 0.6 is 0 Å². The van der Waals surface area contributed by atoms with E-state index in [1.54, 1.807) is 24.3 Å². The molecule has 4 rings (SSSR count). The van der Waals surface area contributed by atoms with Crippen molar-refractivity contribution >= 4 is 17.8 Å². The van der Waals surface area contributed by atoms with E-state index in [1.165, 1.54) is 0 Å². The molecule has 2 N–H and O–H groups in total. The summed E-state index contributed by atoms with van der Waals surface area (Å²) in [6.45, 7) is -0.385. The van der Waals surface area contributed by atoms with Crippen molar-refractivity contribution in [1.82, 2.24) is 25.5 Å². The van der Waals surface area contributed by atoms with Crippen molar-refractivity contribution < 1.29 is 24.2 Å². The number of Topliss-reactive ketones (excluding diaryl/α,β-unsaturated/α-hetero) is 1. The van der Waals surface area contributed by atoms with Crippen molar-refractivity contribution in [3.05, 3.63) is 90.5 Å². The first-order chi connectivity index (χ1) is 17.5. The molecule has 1 aromatic heterocycles. The lowest BCUT2D eigenvalue weighted by molar-refractivity contribution is -0.139. The number of hydrogen-bond donors (Lipinski definition) is 2. The molecule has 0 fully saturated rings. The lowest BCUT2D eigenvalue weighted by atomic mass is 10.0. The number of hydrogen-bond acceptors (Lipinski definition) is 7. The van der Waals surface area contributed by atoms with Gasteiger partial charge in [-0.3, -0.25) is 9.59 Å². The van der Waals surface area contributed by atoms with Gasteiger partial charge in [-0.1, -0.05) is 84.9 Å².